The fraction of sp³-hybridized carbons (Fsp3) is 0.0556. The second-order valence-electron chi connectivity index (χ2n) is 4.94. The van der Waals surface area contributed by atoms with Crippen LogP contribution in [0.2, 0.25) is 0 Å². The first-order valence-corrected chi connectivity index (χ1v) is 7.15. The number of benzene rings is 1. The van der Waals surface area contributed by atoms with E-state index in [0.717, 1.165) is 10.9 Å². The first-order valence-electron chi connectivity index (χ1n) is 7.15. The van der Waals surface area contributed by atoms with Crippen molar-refractivity contribution in [2.24, 2.45) is 0 Å². The molecule has 0 aliphatic rings. The predicted molar refractivity (Wildman–Crippen MR) is 89.6 cm³/mol. The highest BCUT2D eigenvalue weighted by Crippen LogP contribution is 2.14. The molecule has 3 aromatic rings. The molecule has 0 fully saturated rings. The molecule has 0 aliphatic heterocycles. The highest BCUT2D eigenvalue weighted by molar-refractivity contribution is 6.02. The monoisotopic (exact) mass is 305 g/mol. The number of aliphatic hydroxyl groups is 1. The third-order valence-corrected chi connectivity index (χ3v) is 3.37. The second kappa shape index (κ2) is 6.81. The van der Waals surface area contributed by atoms with Gasteiger partial charge in [-0.25, -0.2) is 4.98 Å². The molecule has 0 atom stereocenters. The van der Waals surface area contributed by atoms with Crippen molar-refractivity contribution >= 4 is 28.6 Å². The van der Waals surface area contributed by atoms with Crippen molar-refractivity contribution in [3.63, 3.8) is 0 Å². The molecule has 0 radical (unpaired) electrons. The van der Waals surface area contributed by atoms with Crippen molar-refractivity contribution in [2.45, 2.75) is 6.61 Å². The quantitative estimate of drug-likeness (QED) is 0.727. The number of hydrogen-bond acceptors (Lipinski definition) is 4. The van der Waals surface area contributed by atoms with E-state index in [1.807, 2.05) is 36.4 Å². The molecule has 2 heterocycles. The molecule has 1 aromatic carbocycles. The van der Waals surface area contributed by atoms with Gasteiger partial charge in [0.05, 0.1) is 29.7 Å². The molecule has 0 aliphatic carbocycles. The summed E-state index contributed by atoms with van der Waals surface area (Å²) in [5.41, 5.74) is 2.69. The van der Waals surface area contributed by atoms with Gasteiger partial charge in [0.2, 0.25) is 5.91 Å². The topological polar surface area (TPSA) is 75.1 Å². The Morgan fingerprint density at radius 2 is 2.04 bits per heavy atom. The van der Waals surface area contributed by atoms with Gasteiger partial charge in [-0.1, -0.05) is 24.3 Å². The minimum absolute atomic E-state index is 0.159. The van der Waals surface area contributed by atoms with Crippen LogP contribution in [-0.4, -0.2) is 21.0 Å². The highest BCUT2D eigenvalue weighted by Gasteiger charge is 2.04. The maximum absolute atomic E-state index is 12.0. The number of carbonyl (C=O) groups is 1. The van der Waals surface area contributed by atoms with Crippen LogP contribution in [0.15, 0.2) is 60.9 Å². The Kier molecular flexibility index (Phi) is 4.40. The number of rotatable bonds is 4. The van der Waals surface area contributed by atoms with E-state index in [-0.39, 0.29) is 12.5 Å². The predicted octanol–water partition coefficient (Wildman–Crippen LogP) is 2.77. The number of fused-ring (bicyclic) bond motifs is 1. The molecule has 5 nitrogen and oxygen atoms in total. The molecule has 0 spiro atoms. The van der Waals surface area contributed by atoms with Crippen molar-refractivity contribution in [3.8, 4) is 0 Å². The zero-order valence-electron chi connectivity index (χ0n) is 12.3. The lowest BCUT2D eigenvalue weighted by molar-refractivity contribution is -0.111. The first kappa shape index (κ1) is 14.9. The molecule has 3 rings (SSSR count). The number of nitrogens with one attached hydrogen (secondary N) is 1. The van der Waals surface area contributed by atoms with Crippen LogP contribution in [0.3, 0.4) is 0 Å². The van der Waals surface area contributed by atoms with E-state index < -0.39 is 0 Å². The van der Waals surface area contributed by atoms with Gasteiger partial charge in [-0.2, -0.15) is 0 Å². The van der Waals surface area contributed by atoms with E-state index in [1.165, 1.54) is 12.3 Å². The van der Waals surface area contributed by atoms with E-state index in [2.05, 4.69) is 15.3 Å². The molecular formula is C18H15N3O2. The molecule has 0 bridgehead atoms. The smallest absolute Gasteiger partial charge is 0.248 e. The summed E-state index contributed by atoms with van der Waals surface area (Å²) >= 11 is 0. The molecule has 0 saturated carbocycles. The standard InChI is InChI=1S/C18H15N3O2/c22-12-14-9-10-19-11-17(14)21-18(23)8-7-15-6-5-13-3-1-2-4-16(13)20-15/h1-11,22H,12H2,(H,21,23)/b8-7+. The minimum Gasteiger partial charge on any atom is -0.392 e. The van der Waals surface area contributed by atoms with Crippen molar-refractivity contribution in [3.05, 3.63) is 72.2 Å². The van der Waals surface area contributed by atoms with Crippen LogP contribution in [0.25, 0.3) is 17.0 Å². The van der Waals surface area contributed by atoms with Gasteiger partial charge in [-0.15, -0.1) is 0 Å². The lowest BCUT2D eigenvalue weighted by Crippen LogP contribution is -2.10. The first-order chi connectivity index (χ1) is 11.3. The highest BCUT2D eigenvalue weighted by atomic mass is 16.3. The van der Waals surface area contributed by atoms with Crippen molar-refractivity contribution in [1.29, 1.82) is 0 Å². The molecule has 2 N–H and O–H groups in total. The van der Waals surface area contributed by atoms with Gasteiger partial charge in [0, 0.05) is 23.2 Å². The van der Waals surface area contributed by atoms with Gasteiger partial charge in [0.15, 0.2) is 0 Å². The van der Waals surface area contributed by atoms with Gasteiger partial charge in [0.25, 0.3) is 0 Å². The number of nitrogens with zero attached hydrogens (tertiary/aromatic N) is 2. The summed E-state index contributed by atoms with van der Waals surface area (Å²) < 4.78 is 0. The number of aliphatic hydroxyl groups excluding tert-OH is 1. The van der Waals surface area contributed by atoms with Gasteiger partial charge >= 0.3 is 0 Å². The summed E-state index contributed by atoms with van der Waals surface area (Å²) in [6.07, 6.45) is 6.13. The lowest BCUT2D eigenvalue weighted by Gasteiger charge is -2.06. The Morgan fingerprint density at radius 3 is 2.91 bits per heavy atom. The Morgan fingerprint density at radius 1 is 1.17 bits per heavy atom. The van der Waals surface area contributed by atoms with Crippen LogP contribution in [0.4, 0.5) is 5.69 Å². The molecular weight excluding hydrogens is 290 g/mol. The van der Waals surface area contributed by atoms with Gasteiger partial charge in [-0.3, -0.25) is 9.78 Å². The summed E-state index contributed by atoms with van der Waals surface area (Å²) in [5.74, 6) is -0.303. The normalized spacial score (nSPS) is 11.0. The number of amides is 1. The van der Waals surface area contributed by atoms with Crippen LogP contribution >= 0.6 is 0 Å². The third-order valence-electron chi connectivity index (χ3n) is 3.37. The van der Waals surface area contributed by atoms with Crippen LogP contribution in [-0.2, 0) is 11.4 Å². The summed E-state index contributed by atoms with van der Waals surface area (Å²) in [5, 5.41) is 13.0. The Labute approximate surface area is 133 Å². The van der Waals surface area contributed by atoms with Crippen LogP contribution in [0, 0.1) is 0 Å². The average molecular weight is 305 g/mol. The van der Waals surface area contributed by atoms with E-state index in [9.17, 15) is 9.90 Å². The molecule has 5 heteroatoms. The fourth-order valence-electron chi connectivity index (χ4n) is 2.18. The van der Waals surface area contributed by atoms with Crippen molar-refractivity contribution in [1.82, 2.24) is 9.97 Å². The minimum atomic E-state index is -0.303. The zero-order chi connectivity index (χ0) is 16.1. The SMILES string of the molecule is O=C(/C=C/c1ccc2ccccc2n1)Nc1cnccc1CO. The van der Waals surface area contributed by atoms with Crippen LogP contribution < -0.4 is 5.32 Å². The van der Waals surface area contributed by atoms with Crippen LogP contribution in [0.5, 0.6) is 0 Å². The number of para-hydroxylation sites is 1. The van der Waals surface area contributed by atoms with E-state index in [4.69, 9.17) is 0 Å². The largest absolute Gasteiger partial charge is 0.392 e. The van der Waals surface area contributed by atoms with Gasteiger partial charge in [-0.05, 0) is 24.3 Å². The van der Waals surface area contributed by atoms with Crippen molar-refractivity contribution < 1.29 is 9.90 Å². The molecule has 2 aromatic heterocycles. The summed E-state index contributed by atoms with van der Waals surface area (Å²) in [6.45, 7) is -0.159. The van der Waals surface area contributed by atoms with E-state index in [1.54, 1.807) is 18.3 Å². The Hall–Kier alpha value is -3.05. The molecule has 0 unspecified atom stereocenters. The fourth-order valence-corrected chi connectivity index (χ4v) is 2.18. The summed E-state index contributed by atoms with van der Waals surface area (Å²) in [7, 11) is 0. The Bertz CT molecular complexity index is 875. The number of aromatic nitrogens is 2. The van der Waals surface area contributed by atoms with Gasteiger partial charge < -0.3 is 10.4 Å². The second-order valence-corrected chi connectivity index (χ2v) is 4.94. The van der Waals surface area contributed by atoms with Gasteiger partial charge in [0.1, 0.15) is 0 Å². The van der Waals surface area contributed by atoms with E-state index in [0.29, 0.717) is 16.9 Å². The zero-order valence-corrected chi connectivity index (χ0v) is 12.3. The molecule has 23 heavy (non-hydrogen) atoms. The number of anilines is 1. The maximum atomic E-state index is 12.0. The molecule has 0 saturated heterocycles. The molecule has 1 amide bonds. The number of carbonyl (C=O) groups excluding carboxylic acids is 1. The number of pyridine rings is 2. The Balaban J connectivity index is 1.74. The maximum Gasteiger partial charge on any atom is 0.248 e. The number of hydrogen-bond donors (Lipinski definition) is 2. The van der Waals surface area contributed by atoms with Crippen LogP contribution in [0.1, 0.15) is 11.3 Å². The van der Waals surface area contributed by atoms with E-state index >= 15 is 0 Å². The lowest BCUT2D eigenvalue weighted by atomic mass is 10.2. The molecule has 114 valence electrons. The summed E-state index contributed by atoms with van der Waals surface area (Å²) in [6, 6.07) is 13.3. The summed E-state index contributed by atoms with van der Waals surface area (Å²) in [4.78, 5) is 20.4. The third kappa shape index (κ3) is 3.59. The average Bonchev–Trinajstić information content (AvgIpc) is 2.60. The van der Waals surface area contributed by atoms with Crippen molar-refractivity contribution in [2.75, 3.05) is 5.32 Å².